The Kier molecular flexibility index (Phi) is 11.5. The molecule has 0 atom stereocenters. The van der Waals surface area contributed by atoms with E-state index in [1.165, 1.54) is 71.4 Å². The molecule has 0 saturated heterocycles. The zero-order valence-corrected chi connectivity index (χ0v) is 43.1. The Balaban J connectivity index is 0.000000230. The van der Waals surface area contributed by atoms with Crippen molar-refractivity contribution in [2.45, 2.75) is 70.5 Å². The van der Waals surface area contributed by atoms with Crippen molar-refractivity contribution in [2.75, 3.05) is 0 Å². The zero-order chi connectivity index (χ0) is 49.7. The van der Waals surface area contributed by atoms with Gasteiger partial charge in [-0.3, -0.25) is 4.98 Å². The first-order valence-corrected chi connectivity index (χ1v) is 30.1. The minimum atomic E-state index is -2.38. The number of aromatic nitrogens is 3. The van der Waals surface area contributed by atoms with Crippen LogP contribution < -0.4 is 4.40 Å². The van der Waals surface area contributed by atoms with Gasteiger partial charge in [0.15, 0.2) is 0 Å². The monoisotopic (exact) mass is 1110 g/mol. The Morgan fingerprint density at radius 1 is 0.662 bits per heavy atom. The third kappa shape index (κ3) is 9.35. The quantitative estimate of drug-likeness (QED) is 0.112. The molecule has 0 aliphatic carbocycles. The van der Waals surface area contributed by atoms with Gasteiger partial charge in [0.2, 0.25) is 0 Å². The van der Waals surface area contributed by atoms with Gasteiger partial charge in [-0.2, -0.15) is 11.3 Å². The molecule has 0 aliphatic heterocycles. The SMILES string of the molecule is CC(C)c1cccc(C(C)C)c1-n1c(-c2[c-]ccc3c2sc2cc(-c4cccc(-c5ccccc5)c4)ccc23)nc2ccccc21.[2H]C([2H])([2H])c1c[c-]c(-c2cc(C([2H])([2H])[2H])[c]([Ge]([CH3])([CH3])[CH3])cn2)cc1.[Ir]. The maximum Gasteiger partial charge on any atom is 0 e. The molecule has 0 spiro atoms. The van der Waals surface area contributed by atoms with Crippen LogP contribution in [0.25, 0.3) is 81.8 Å². The molecule has 0 unspecified atom stereocenters. The van der Waals surface area contributed by atoms with Crippen LogP contribution in [-0.2, 0) is 20.1 Å². The predicted octanol–water partition coefficient (Wildman–Crippen LogP) is 16.1. The summed E-state index contributed by atoms with van der Waals surface area (Å²) in [6, 6.07) is 58.6. The molecular weight excluding hydrogens is 1050 g/mol. The van der Waals surface area contributed by atoms with Crippen LogP contribution >= 0.6 is 11.3 Å². The first kappa shape index (κ1) is 38.8. The molecule has 0 N–H and O–H groups in total. The summed E-state index contributed by atoms with van der Waals surface area (Å²) < 4.78 is 51.4. The summed E-state index contributed by atoms with van der Waals surface area (Å²) in [6.45, 7) is 4.75. The van der Waals surface area contributed by atoms with Crippen LogP contribution in [0.5, 0.6) is 0 Å². The molecule has 0 saturated carbocycles. The number of pyridine rings is 1. The minimum Gasteiger partial charge on any atom is 0 e. The van der Waals surface area contributed by atoms with E-state index in [0.29, 0.717) is 28.7 Å². The summed E-state index contributed by atoms with van der Waals surface area (Å²) in [5, 5.41) is 2.52. The average Bonchev–Trinajstić information content (AvgIpc) is 3.92. The van der Waals surface area contributed by atoms with E-state index in [9.17, 15) is 0 Å². The molecule has 0 aliphatic rings. The van der Waals surface area contributed by atoms with E-state index in [-0.39, 0.29) is 25.7 Å². The van der Waals surface area contributed by atoms with E-state index in [4.69, 9.17) is 13.2 Å². The molecule has 0 bridgehead atoms. The molecule has 0 fully saturated rings. The van der Waals surface area contributed by atoms with E-state index in [1.807, 2.05) is 11.3 Å². The fraction of sp³-hybridized carbons (Fsp3) is 0.186. The molecule has 0 amide bonds. The standard InChI is InChI=1S/C43H35N2S.C16H20GeN.Ir/c1-27(2)33-17-11-18-34(28(3)4)41(33)45-39-22-9-8-21-38(39)44-43(45)37-20-12-19-36-35-24-23-32(26-40(35)46-42(36)37)31-16-10-15-30(25-31)29-13-6-5-7-14-29;1-12-6-8-14(9-7-12)16-10-13(2)15(11-18-16)17(3,4)5;/h5-19,21-28H,1-4H3;6-8,10-11H,1-5H3;/q2*-1;/i;1D3,2D3;. The summed E-state index contributed by atoms with van der Waals surface area (Å²) in [5.74, 6) is 8.07. The van der Waals surface area contributed by atoms with Crippen LogP contribution in [0.15, 0.2) is 158 Å². The number of thiophene rings is 1. The van der Waals surface area contributed by atoms with E-state index >= 15 is 0 Å². The van der Waals surface area contributed by atoms with E-state index < -0.39 is 27.0 Å². The Labute approximate surface area is 413 Å². The smallest absolute Gasteiger partial charge is 0 e. The number of benzene rings is 7. The summed E-state index contributed by atoms with van der Waals surface area (Å²) in [7, 11) is 0. The number of fused-ring (bicyclic) bond motifs is 4. The molecule has 10 aromatic rings. The molecular formula is C59H55GeIrN3S-2. The first-order valence-electron chi connectivity index (χ1n) is 25.0. The second-order valence-corrected chi connectivity index (χ2v) is 29.7. The molecule has 327 valence electrons. The van der Waals surface area contributed by atoms with Gasteiger partial charge >= 0.3 is 121 Å². The maximum absolute atomic E-state index is 7.82. The summed E-state index contributed by atoms with van der Waals surface area (Å²) >= 11 is -0.538. The van der Waals surface area contributed by atoms with Crippen molar-refractivity contribution in [1.29, 1.82) is 0 Å². The molecule has 3 aromatic heterocycles. The second-order valence-electron chi connectivity index (χ2n) is 18.1. The van der Waals surface area contributed by atoms with Crippen molar-refractivity contribution in [3.8, 4) is 50.6 Å². The molecule has 3 heterocycles. The van der Waals surface area contributed by atoms with Crippen LogP contribution in [0.1, 0.15) is 70.0 Å². The van der Waals surface area contributed by atoms with Gasteiger partial charge in [0.25, 0.3) is 0 Å². The second kappa shape index (κ2) is 19.2. The number of imidazole rings is 1. The van der Waals surface area contributed by atoms with Gasteiger partial charge in [-0.15, -0.1) is 18.2 Å². The van der Waals surface area contributed by atoms with Crippen molar-refractivity contribution in [2.24, 2.45) is 0 Å². The maximum atomic E-state index is 7.82. The molecule has 1 radical (unpaired) electrons. The molecule has 6 heteroatoms. The Morgan fingerprint density at radius 2 is 1.35 bits per heavy atom. The summed E-state index contributed by atoms with van der Waals surface area (Å²) in [5.41, 5.74) is 13.6. The van der Waals surface area contributed by atoms with Crippen LogP contribution in [0.3, 0.4) is 0 Å². The van der Waals surface area contributed by atoms with Gasteiger partial charge < -0.3 is 4.57 Å². The minimum absolute atomic E-state index is 0. The fourth-order valence-electron chi connectivity index (χ4n) is 8.57. The normalized spacial score (nSPS) is 13.4. The number of para-hydroxylation sites is 3. The van der Waals surface area contributed by atoms with E-state index in [0.717, 1.165) is 26.8 Å². The van der Waals surface area contributed by atoms with Crippen molar-refractivity contribution in [1.82, 2.24) is 14.5 Å². The largest absolute Gasteiger partial charge is 0 e. The van der Waals surface area contributed by atoms with Crippen LogP contribution in [-0.4, -0.2) is 27.8 Å². The topological polar surface area (TPSA) is 30.7 Å². The fourth-order valence-corrected chi connectivity index (χ4v) is 12.6. The summed E-state index contributed by atoms with van der Waals surface area (Å²) in [6.07, 6.45) is 1.67. The van der Waals surface area contributed by atoms with Crippen LogP contribution in [0.2, 0.25) is 17.3 Å². The van der Waals surface area contributed by atoms with Gasteiger partial charge in [-0.05, 0) is 79.6 Å². The van der Waals surface area contributed by atoms with Crippen LogP contribution in [0, 0.1) is 25.8 Å². The number of rotatable bonds is 8. The van der Waals surface area contributed by atoms with Gasteiger partial charge in [0.05, 0.1) is 16.9 Å². The van der Waals surface area contributed by atoms with Gasteiger partial charge in [0, 0.05) is 30.5 Å². The third-order valence-electron chi connectivity index (χ3n) is 11.9. The van der Waals surface area contributed by atoms with Crippen molar-refractivity contribution in [3.63, 3.8) is 0 Å². The summed E-state index contributed by atoms with van der Waals surface area (Å²) in [4.78, 5) is 9.73. The van der Waals surface area contributed by atoms with Gasteiger partial charge in [0.1, 0.15) is 0 Å². The number of aryl methyl sites for hydroxylation is 2. The molecule has 10 rings (SSSR count). The van der Waals surface area contributed by atoms with E-state index in [1.54, 1.807) is 18.3 Å². The molecule has 3 nitrogen and oxygen atoms in total. The Hall–Kier alpha value is -5.43. The first-order chi connectivity index (χ1) is 33.3. The Bertz CT molecular complexity index is 3490. The molecule has 65 heavy (non-hydrogen) atoms. The number of nitrogens with zero attached hydrogens (tertiary/aromatic N) is 3. The third-order valence-corrected chi connectivity index (χ3v) is 17.3. The van der Waals surface area contributed by atoms with Gasteiger partial charge in [-0.25, -0.2) is 0 Å². The number of hydrogen-bond donors (Lipinski definition) is 0. The average molecular weight is 1110 g/mol. The van der Waals surface area contributed by atoms with Crippen molar-refractivity contribution in [3.05, 3.63) is 192 Å². The zero-order valence-electron chi connectivity index (χ0n) is 43.7. The number of hydrogen-bond acceptors (Lipinski definition) is 3. The molecule has 7 aromatic carbocycles. The van der Waals surface area contributed by atoms with Crippen molar-refractivity contribution >= 4 is 60.2 Å². The van der Waals surface area contributed by atoms with Crippen molar-refractivity contribution < 1.29 is 28.3 Å². The van der Waals surface area contributed by atoms with E-state index in [2.05, 4.69) is 194 Å². The van der Waals surface area contributed by atoms with Crippen LogP contribution in [0.4, 0.5) is 0 Å². The predicted molar refractivity (Wildman–Crippen MR) is 278 cm³/mol. The van der Waals surface area contributed by atoms with Gasteiger partial charge in [-0.1, -0.05) is 130 Å². The Morgan fingerprint density at radius 3 is 2.05 bits per heavy atom.